The summed E-state index contributed by atoms with van der Waals surface area (Å²) < 4.78 is 12.8. The number of rotatable bonds is 3. The van der Waals surface area contributed by atoms with Crippen LogP contribution in [0.3, 0.4) is 0 Å². The second-order valence-electron chi connectivity index (χ2n) is 5.42. The molecule has 26 heavy (non-hydrogen) atoms. The van der Waals surface area contributed by atoms with Crippen LogP contribution in [0.5, 0.6) is 0 Å². The highest BCUT2D eigenvalue weighted by Crippen LogP contribution is 2.17. The molecule has 0 unspecified atom stereocenters. The van der Waals surface area contributed by atoms with Gasteiger partial charge in [0.1, 0.15) is 5.82 Å². The van der Waals surface area contributed by atoms with Gasteiger partial charge < -0.3 is 10.2 Å². The smallest absolute Gasteiger partial charge is 0.336 e. The number of fused-ring (bicyclic) bond motifs is 1. The normalized spacial score (nSPS) is 9.92. The second kappa shape index (κ2) is 8.02. The van der Waals surface area contributed by atoms with E-state index in [2.05, 4.69) is 0 Å². The molecule has 0 atom stereocenters. The van der Waals surface area contributed by atoms with Crippen molar-refractivity contribution in [1.82, 2.24) is 0 Å². The highest BCUT2D eigenvalue weighted by molar-refractivity contribution is 5.98. The molecule has 6 heteroatoms. The van der Waals surface area contributed by atoms with Crippen LogP contribution in [-0.4, -0.2) is 28.4 Å². The number of carboxylic acid groups (broad SMARTS) is 2. The number of aromatic carboxylic acids is 2. The molecule has 0 fully saturated rings. The molecular weight excluding hydrogens is 339 g/mol. The fourth-order valence-electron chi connectivity index (χ4n) is 2.48. The van der Waals surface area contributed by atoms with E-state index < -0.39 is 17.8 Å². The van der Waals surface area contributed by atoms with E-state index in [4.69, 9.17) is 10.2 Å². The van der Waals surface area contributed by atoms with Crippen molar-refractivity contribution in [1.29, 1.82) is 0 Å². The van der Waals surface area contributed by atoms with Gasteiger partial charge in [0.25, 0.3) is 0 Å². The van der Waals surface area contributed by atoms with E-state index >= 15 is 0 Å². The van der Waals surface area contributed by atoms with Crippen LogP contribution in [0.4, 0.5) is 4.39 Å². The summed E-state index contributed by atoms with van der Waals surface area (Å²) in [6.07, 6.45) is 0.891. The van der Waals surface area contributed by atoms with Crippen molar-refractivity contribution in [2.45, 2.75) is 6.92 Å². The van der Waals surface area contributed by atoms with Gasteiger partial charge in [0.05, 0.1) is 11.1 Å². The summed E-state index contributed by atoms with van der Waals surface area (Å²) >= 11 is 0. The molecule has 132 valence electrons. The summed E-state index contributed by atoms with van der Waals surface area (Å²) in [6.45, 7) is 1.33. The van der Waals surface area contributed by atoms with Crippen molar-refractivity contribution in [2.75, 3.05) is 0 Å². The third-order valence-electron chi connectivity index (χ3n) is 3.78. The third kappa shape index (κ3) is 4.10. The van der Waals surface area contributed by atoms with Crippen LogP contribution in [-0.2, 0) is 0 Å². The molecule has 0 aromatic heterocycles. The SMILES string of the molecule is Cc1c(C(=O)O)cc(F)cc1C(=O)O.O=Cc1cccc2ccccc12. The van der Waals surface area contributed by atoms with E-state index in [0.717, 1.165) is 34.8 Å². The fraction of sp³-hybridized carbons (Fsp3) is 0.0500. The van der Waals surface area contributed by atoms with Crippen LogP contribution < -0.4 is 0 Å². The molecule has 3 aromatic rings. The van der Waals surface area contributed by atoms with Gasteiger partial charge in [0.2, 0.25) is 0 Å². The van der Waals surface area contributed by atoms with Gasteiger partial charge in [-0.15, -0.1) is 0 Å². The Morgan fingerprint density at radius 2 is 1.46 bits per heavy atom. The van der Waals surface area contributed by atoms with Crippen LogP contribution in [0.1, 0.15) is 36.6 Å². The van der Waals surface area contributed by atoms with E-state index in [-0.39, 0.29) is 16.7 Å². The number of carbonyl (C=O) groups excluding carboxylic acids is 1. The maximum Gasteiger partial charge on any atom is 0.336 e. The number of carbonyl (C=O) groups is 3. The van der Waals surface area contributed by atoms with E-state index in [1.807, 2.05) is 42.5 Å². The highest BCUT2D eigenvalue weighted by Gasteiger charge is 2.16. The minimum atomic E-state index is -1.34. The number of halogens is 1. The lowest BCUT2D eigenvalue weighted by molar-refractivity contribution is 0.0695. The Labute approximate surface area is 148 Å². The lowest BCUT2D eigenvalue weighted by Gasteiger charge is -2.04. The molecule has 0 spiro atoms. The predicted octanol–water partition coefficient (Wildman–Crippen LogP) is 4.18. The van der Waals surface area contributed by atoms with Crippen molar-refractivity contribution < 1.29 is 29.0 Å². The Kier molecular flexibility index (Phi) is 5.80. The molecule has 0 aliphatic carbocycles. The van der Waals surface area contributed by atoms with Crippen molar-refractivity contribution in [2.24, 2.45) is 0 Å². The van der Waals surface area contributed by atoms with Gasteiger partial charge in [-0.1, -0.05) is 42.5 Å². The van der Waals surface area contributed by atoms with Gasteiger partial charge in [0, 0.05) is 5.56 Å². The van der Waals surface area contributed by atoms with E-state index in [9.17, 15) is 18.8 Å². The first-order valence-electron chi connectivity index (χ1n) is 7.54. The molecule has 0 amide bonds. The third-order valence-corrected chi connectivity index (χ3v) is 3.78. The summed E-state index contributed by atoms with van der Waals surface area (Å²) in [4.78, 5) is 31.8. The molecule has 0 saturated heterocycles. The fourth-order valence-corrected chi connectivity index (χ4v) is 2.48. The van der Waals surface area contributed by atoms with Crippen molar-refractivity contribution in [3.63, 3.8) is 0 Å². The predicted molar refractivity (Wildman–Crippen MR) is 94.4 cm³/mol. The lowest BCUT2D eigenvalue weighted by Crippen LogP contribution is -2.08. The van der Waals surface area contributed by atoms with Crippen molar-refractivity contribution >= 4 is 29.0 Å². The first-order chi connectivity index (χ1) is 12.3. The number of benzene rings is 3. The van der Waals surface area contributed by atoms with Gasteiger partial charge in [0.15, 0.2) is 6.29 Å². The van der Waals surface area contributed by atoms with Crippen molar-refractivity contribution in [3.8, 4) is 0 Å². The lowest BCUT2D eigenvalue weighted by atomic mass is 10.0. The quantitative estimate of drug-likeness (QED) is 0.688. The van der Waals surface area contributed by atoms with Crippen LogP contribution in [0.2, 0.25) is 0 Å². The molecule has 0 bridgehead atoms. The number of carboxylic acids is 2. The topological polar surface area (TPSA) is 91.7 Å². The molecule has 0 heterocycles. The molecule has 2 N–H and O–H groups in total. The zero-order chi connectivity index (χ0) is 19.3. The Hall–Kier alpha value is -3.54. The summed E-state index contributed by atoms with van der Waals surface area (Å²) in [5.41, 5.74) is 0.143. The van der Waals surface area contributed by atoms with Gasteiger partial charge in [-0.25, -0.2) is 14.0 Å². The van der Waals surface area contributed by atoms with Gasteiger partial charge in [-0.3, -0.25) is 4.79 Å². The highest BCUT2D eigenvalue weighted by atomic mass is 19.1. The standard InChI is InChI=1S/C11H8O.C9H7FO4/c12-8-10-6-3-5-9-4-1-2-7-11(9)10;1-4-6(8(11)12)2-5(10)3-7(4)9(13)14/h1-8H;2-3H,1H3,(H,11,12)(H,13,14). The van der Waals surface area contributed by atoms with E-state index in [0.29, 0.717) is 0 Å². The van der Waals surface area contributed by atoms with Crippen LogP contribution in [0.25, 0.3) is 10.8 Å². The second-order valence-corrected chi connectivity index (χ2v) is 5.42. The van der Waals surface area contributed by atoms with E-state index in [1.54, 1.807) is 0 Å². The average molecular weight is 354 g/mol. The number of hydrogen-bond donors (Lipinski definition) is 2. The monoisotopic (exact) mass is 354 g/mol. The first kappa shape index (κ1) is 18.8. The Morgan fingerprint density at radius 1 is 0.923 bits per heavy atom. The van der Waals surface area contributed by atoms with Gasteiger partial charge in [-0.2, -0.15) is 0 Å². The summed E-state index contributed by atoms with van der Waals surface area (Å²) in [5.74, 6) is -3.56. The molecule has 0 radical (unpaired) electrons. The Bertz CT molecular complexity index is 954. The molecule has 0 saturated carbocycles. The zero-order valence-corrected chi connectivity index (χ0v) is 13.8. The molecule has 5 nitrogen and oxygen atoms in total. The van der Waals surface area contributed by atoms with Crippen LogP contribution in [0, 0.1) is 12.7 Å². The largest absolute Gasteiger partial charge is 0.478 e. The molecule has 0 aliphatic rings. The minimum Gasteiger partial charge on any atom is -0.478 e. The first-order valence-corrected chi connectivity index (χ1v) is 7.54. The molecule has 0 aliphatic heterocycles. The van der Waals surface area contributed by atoms with Crippen molar-refractivity contribution in [3.05, 3.63) is 82.7 Å². The van der Waals surface area contributed by atoms with Crippen LogP contribution >= 0.6 is 0 Å². The van der Waals surface area contributed by atoms with Crippen LogP contribution in [0.15, 0.2) is 54.6 Å². The maximum atomic E-state index is 12.8. The van der Waals surface area contributed by atoms with Gasteiger partial charge >= 0.3 is 11.9 Å². The average Bonchev–Trinajstić information content (AvgIpc) is 2.63. The number of hydrogen-bond acceptors (Lipinski definition) is 3. The van der Waals surface area contributed by atoms with Gasteiger partial charge in [-0.05, 0) is 35.4 Å². The maximum absolute atomic E-state index is 12.8. The molecule has 3 aromatic carbocycles. The summed E-state index contributed by atoms with van der Waals surface area (Å²) in [5, 5.41) is 19.4. The summed E-state index contributed by atoms with van der Waals surface area (Å²) in [7, 11) is 0. The molecular formula is C20H15FO5. The number of aldehydes is 1. The minimum absolute atomic E-state index is 0.0476. The molecule has 3 rings (SSSR count). The zero-order valence-electron chi connectivity index (χ0n) is 13.8. The van der Waals surface area contributed by atoms with E-state index in [1.165, 1.54) is 6.92 Å². The summed E-state index contributed by atoms with van der Waals surface area (Å²) in [6, 6.07) is 15.2. The Balaban J connectivity index is 0.000000189. The Morgan fingerprint density at radius 3 is 2.00 bits per heavy atom.